The summed E-state index contributed by atoms with van der Waals surface area (Å²) >= 11 is 0. The standard InChI is InChI=1S/C28H36N2O5/c1-33-24-8-6-20(7-9-24)15-30-17-23(31)18-34-19-27-26(30)11-10-25(35-27)14-28(32)29-13-12-21-4-2-3-5-22(21)16-29/h2-9,23,25-27,31H,10-19H2,1H3/t23-,25-,26+,27-/m1/s1. The largest absolute Gasteiger partial charge is 0.497 e. The second-order valence-electron chi connectivity index (χ2n) is 9.95. The zero-order chi connectivity index (χ0) is 24.2. The number of rotatable bonds is 5. The first-order chi connectivity index (χ1) is 17.1. The zero-order valence-electron chi connectivity index (χ0n) is 20.5. The van der Waals surface area contributed by atoms with Crippen LogP contribution < -0.4 is 4.74 Å². The number of carbonyl (C=O) groups is 1. The van der Waals surface area contributed by atoms with Crippen LogP contribution in [0.25, 0.3) is 0 Å². The maximum absolute atomic E-state index is 13.1. The molecule has 0 bridgehead atoms. The average Bonchev–Trinajstić information content (AvgIpc) is 2.88. The van der Waals surface area contributed by atoms with E-state index in [0.717, 1.165) is 38.1 Å². The number of benzene rings is 2. The van der Waals surface area contributed by atoms with Gasteiger partial charge in [-0.15, -0.1) is 0 Å². The Morgan fingerprint density at radius 2 is 1.89 bits per heavy atom. The smallest absolute Gasteiger partial charge is 0.225 e. The molecule has 35 heavy (non-hydrogen) atoms. The highest BCUT2D eigenvalue weighted by Gasteiger charge is 2.38. The van der Waals surface area contributed by atoms with Crippen LogP contribution in [0.4, 0.5) is 0 Å². The Bertz CT molecular complexity index is 997. The van der Waals surface area contributed by atoms with Gasteiger partial charge in [0.1, 0.15) is 5.75 Å². The van der Waals surface area contributed by atoms with Gasteiger partial charge in [0.05, 0.1) is 45.1 Å². The predicted molar refractivity (Wildman–Crippen MR) is 132 cm³/mol. The molecular weight excluding hydrogens is 444 g/mol. The van der Waals surface area contributed by atoms with Crippen molar-refractivity contribution in [2.75, 3.05) is 33.4 Å². The molecule has 1 N–H and O–H groups in total. The Morgan fingerprint density at radius 3 is 2.69 bits per heavy atom. The molecule has 7 heteroatoms. The zero-order valence-corrected chi connectivity index (χ0v) is 20.5. The van der Waals surface area contributed by atoms with E-state index in [1.165, 1.54) is 16.7 Å². The molecule has 3 aliphatic rings. The molecule has 188 valence electrons. The van der Waals surface area contributed by atoms with E-state index in [9.17, 15) is 9.90 Å². The second-order valence-corrected chi connectivity index (χ2v) is 9.95. The molecule has 4 atom stereocenters. The number of hydrogen-bond acceptors (Lipinski definition) is 6. The molecule has 3 aliphatic heterocycles. The first kappa shape index (κ1) is 24.3. The number of carbonyl (C=O) groups excluding carboxylic acids is 1. The van der Waals surface area contributed by atoms with E-state index < -0.39 is 6.10 Å². The van der Waals surface area contributed by atoms with Crippen molar-refractivity contribution in [2.24, 2.45) is 0 Å². The highest BCUT2D eigenvalue weighted by Crippen LogP contribution is 2.30. The minimum atomic E-state index is -0.532. The summed E-state index contributed by atoms with van der Waals surface area (Å²) in [7, 11) is 1.67. The number of hydrogen-bond donors (Lipinski definition) is 1. The van der Waals surface area contributed by atoms with Gasteiger partial charge in [-0.2, -0.15) is 0 Å². The average molecular weight is 481 g/mol. The number of nitrogens with zero attached hydrogens (tertiary/aromatic N) is 2. The fourth-order valence-corrected chi connectivity index (χ4v) is 5.63. The van der Waals surface area contributed by atoms with Crippen LogP contribution in [0.15, 0.2) is 48.5 Å². The maximum Gasteiger partial charge on any atom is 0.225 e. The first-order valence-electron chi connectivity index (χ1n) is 12.7. The lowest BCUT2D eigenvalue weighted by Gasteiger charge is -2.44. The number of ether oxygens (including phenoxy) is 3. The Balaban J connectivity index is 1.21. The molecule has 7 nitrogen and oxygen atoms in total. The summed E-state index contributed by atoms with van der Waals surface area (Å²) in [6, 6.07) is 16.6. The molecule has 0 aromatic heterocycles. The van der Waals surface area contributed by atoms with Crippen LogP contribution >= 0.6 is 0 Å². The van der Waals surface area contributed by atoms with Crippen LogP contribution in [0, 0.1) is 0 Å². The van der Waals surface area contributed by atoms with Crippen molar-refractivity contribution in [3.63, 3.8) is 0 Å². The summed E-state index contributed by atoms with van der Waals surface area (Å²) in [5.41, 5.74) is 3.76. The van der Waals surface area contributed by atoms with Gasteiger partial charge in [0.25, 0.3) is 0 Å². The van der Waals surface area contributed by atoms with Crippen LogP contribution in [-0.4, -0.2) is 78.6 Å². The summed E-state index contributed by atoms with van der Waals surface area (Å²) in [6.07, 6.45) is 2.31. The van der Waals surface area contributed by atoms with E-state index in [2.05, 4.69) is 35.2 Å². The monoisotopic (exact) mass is 480 g/mol. The molecule has 0 unspecified atom stereocenters. The van der Waals surface area contributed by atoms with E-state index >= 15 is 0 Å². The maximum atomic E-state index is 13.1. The summed E-state index contributed by atoms with van der Waals surface area (Å²) in [4.78, 5) is 17.4. The Labute approximate surface area is 207 Å². The van der Waals surface area contributed by atoms with Crippen molar-refractivity contribution >= 4 is 5.91 Å². The summed E-state index contributed by atoms with van der Waals surface area (Å²) in [5.74, 6) is 0.999. The van der Waals surface area contributed by atoms with Crippen LogP contribution in [0.2, 0.25) is 0 Å². The second kappa shape index (κ2) is 11.1. The molecule has 2 fully saturated rings. The van der Waals surface area contributed by atoms with E-state index in [1.54, 1.807) is 7.11 Å². The van der Waals surface area contributed by atoms with Gasteiger partial charge in [0, 0.05) is 32.2 Å². The molecule has 0 saturated carbocycles. The summed E-state index contributed by atoms with van der Waals surface area (Å²) < 4.78 is 17.5. The molecule has 5 rings (SSSR count). The summed E-state index contributed by atoms with van der Waals surface area (Å²) in [6.45, 7) is 3.44. The first-order valence-corrected chi connectivity index (χ1v) is 12.7. The van der Waals surface area contributed by atoms with Gasteiger partial charge in [-0.3, -0.25) is 9.69 Å². The molecule has 0 aliphatic carbocycles. The topological polar surface area (TPSA) is 71.5 Å². The number of methoxy groups -OCH3 is 1. The Morgan fingerprint density at radius 1 is 1.09 bits per heavy atom. The van der Waals surface area contributed by atoms with E-state index in [-0.39, 0.29) is 24.2 Å². The highest BCUT2D eigenvalue weighted by molar-refractivity contribution is 5.77. The van der Waals surface area contributed by atoms with E-state index in [0.29, 0.717) is 32.7 Å². The normalized spacial score (nSPS) is 27.3. The minimum Gasteiger partial charge on any atom is -0.497 e. The van der Waals surface area contributed by atoms with Gasteiger partial charge in [-0.1, -0.05) is 36.4 Å². The number of aliphatic hydroxyl groups is 1. The molecule has 1 amide bonds. The predicted octanol–water partition coefficient (Wildman–Crippen LogP) is 2.78. The lowest BCUT2D eigenvalue weighted by molar-refractivity contribution is -0.161. The third-order valence-corrected chi connectivity index (χ3v) is 7.52. The fraction of sp³-hybridized carbons (Fsp3) is 0.536. The molecule has 2 aromatic rings. The Kier molecular flexibility index (Phi) is 7.68. The van der Waals surface area contributed by atoms with Crippen LogP contribution in [-0.2, 0) is 33.8 Å². The van der Waals surface area contributed by atoms with Crippen LogP contribution in [0.3, 0.4) is 0 Å². The van der Waals surface area contributed by atoms with Crippen molar-refractivity contribution in [2.45, 2.75) is 63.1 Å². The number of fused-ring (bicyclic) bond motifs is 2. The van der Waals surface area contributed by atoms with E-state index in [4.69, 9.17) is 14.2 Å². The van der Waals surface area contributed by atoms with Gasteiger partial charge < -0.3 is 24.2 Å². The van der Waals surface area contributed by atoms with E-state index in [1.807, 2.05) is 23.1 Å². The number of aliphatic hydroxyl groups excluding tert-OH is 1. The molecule has 2 saturated heterocycles. The van der Waals surface area contributed by atoms with Gasteiger partial charge in [0.2, 0.25) is 5.91 Å². The lowest BCUT2D eigenvalue weighted by Crippen LogP contribution is -2.55. The molecular formula is C28H36N2O5. The van der Waals surface area contributed by atoms with Crippen molar-refractivity contribution < 1.29 is 24.1 Å². The van der Waals surface area contributed by atoms with Crippen molar-refractivity contribution in [3.05, 3.63) is 65.2 Å². The van der Waals surface area contributed by atoms with Crippen molar-refractivity contribution in [1.82, 2.24) is 9.80 Å². The van der Waals surface area contributed by atoms with Crippen LogP contribution in [0.1, 0.15) is 36.0 Å². The van der Waals surface area contributed by atoms with Gasteiger partial charge in [0.15, 0.2) is 0 Å². The number of β-amino-alcohol motifs (C(OH)–C–C–N with tert-alkyl or cyclic N) is 1. The quantitative estimate of drug-likeness (QED) is 0.710. The molecule has 3 heterocycles. The minimum absolute atomic E-state index is 0.100. The van der Waals surface area contributed by atoms with Crippen molar-refractivity contribution in [3.8, 4) is 5.75 Å². The summed E-state index contributed by atoms with van der Waals surface area (Å²) in [5, 5.41) is 10.4. The van der Waals surface area contributed by atoms with Gasteiger partial charge in [-0.05, 0) is 48.1 Å². The molecule has 0 radical (unpaired) electrons. The lowest BCUT2D eigenvalue weighted by atomic mass is 9.93. The highest BCUT2D eigenvalue weighted by atomic mass is 16.5. The van der Waals surface area contributed by atoms with Gasteiger partial charge >= 0.3 is 0 Å². The van der Waals surface area contributed by atoms with Crippen LogP contribution in [0.5, 0.6) is 5.75 Å². The third kappa shape index (κ3) is 5.86. The SMILES string of the molecule is COc1ccc(CN2C[C@@H](O)COC[C@H]3O[C@@H](CC(=O)N4CCc5ccccc5C4)CC[C@@H]32)cc1. The van der Waals surface area contributed by atoms with Gasteiger partial charge in [-0.25, -0.2) is 0 Å². The Hall–Kier alpha value is -2.45. The third-order valence-electron chi connectivity index (χ3n) is 7.52. The number of amides is 1. The molecule has 2 aromatic carbocycles. The molecule has 0 spiro atoms. The fourth-order valence-electron chi connectivity index (χ4n) is 5.63. The van der Waals surface area contributed by atoms with Crippen molar-refractivity contribution in [1.29, 1.82) is 0 Å².